The smallest absolute Gasteiger partial charge is 0.123 e. The molecule has 1 aliphatic carbocycles. The number of hydrogen-bond donors (Lipinski definition) is 1. The van der Waals surface area contributed by atoms with Crippen molar-refractivity contribution in [2.45, 2.75) is 38.1 Å². The minimum atomic E-state index is 0.184. The van der Waals surface area contributed by atoms with E-state index in [0.29, 0.717) is 0 Å². The summed E-state index contributed by atoms with van der Waals surface area (Å²) in [6.45, 7) is 4.14. The topological polar surface area (TPSA) is 35.2 Å². The van der Waals surface area contributed by atoms with Crippen LogP contribution in [-0.4, -0.2) is 13.2 Å². The molecule has 2 N–H and O–H groups in total. The number of benzene rings is 1. The van der Waals surface area contributed by atoms with Gasteiger partial charge in [0.2, 0.25) is 0 Å². The predicted molar refractivity (Wildman–Crippen MR) is 70.0 cm³/mol. The van der Waals surface area contributed by atoms with Crippen LogP contribution >= 0.6 is 15.9 Å². The number of methoxy groups -OCH3 is 1. The van der Waals surface area contributed by atoms with Crippen LogP contribution in [0.4, 0.5) is 0 Å². The molecule has 1 atom stereocenters. The molecular formula is C13H18BrNO. The highest BCUT2D eigenvalue weighted by Gasteiger charge is 2.47. The molecule has 0 aromatic heterocycles. The lowest BCUT2D eigenvalue weighted by atomic mass is 9.89. The molecule has 1 aliphatic rings. The van der Waals surface area contributed by atoms with Crippen LogP contribution in [-0.2, 0) is 5.41 Å². The second-order valence-corrected chi connectivity index (χ2v) is 5.58. The first-order chi connectivity index (χ1) is 7.51. The van der Waals surface area contributed by atoms with Gasteiger partial charge in [-0.2, -0.15) is 0 Å². The fraction of sp³-hybridized carbons (Fsp3) is 0.538. The van der Waals surface area contributed by atoms with Gasteiger partial charge in [-0.3, -0.25) is 0 Å². The average molecular weight is 284 g/mol. The maximum atomic E-state index is 6.09. The Morgan fingerprint density at radius 1 is 1.44 bits per heavy atom. The van der Waals surface area contributed by atoms with E-state index >= 15 is 0 Å². The SMILES string of the molecule is COc1cc(C2(C(C)N)CC2)cc(Br)c1C. The number of rotatable bonds is 3. The van der Waals surface area contributed by atoms with E-state index in [2.05, 4.69) is 41.9 Å². The van der Waals surface area contributed by atoms with Crippen LogP contribution in [0.1, 0.15) is 30.9 Å². The van der Waals surface area contributed by atoms with Crippen LogP contribution in [0.3, 0.4) is 0 Å². The van der Waals surface area contributed by atoms with E-state index in [-0.39, 0.29) is 11.5 Å². The molecule has 2 rings (SSSR count). The quantitative estimate of drug-likeness (QED) is 0.925. The van der Waals surface area contributed by atoms with Crippen molar-refractivity contribution < 1.29 is 4.74 Å². The molecule has 1 fully saturated rings. The standard InChI is InChI=1S/C13H18BrNO/c1-8-11(14)6-10(7-12(8)16-3)13(4-5-13)9(2)15/h6-7,9H,4-5,15H2,1-3H3. The van der Waals surface area contributed by atoms with E-state index < -0.39 is 0 Å². The van der Waals surface area contributed by atoms with Crippen LogP contribution in [0, 0.1) is 6.92 Å². The third kappa shape index (κ3) is 1.76. The van der Waals surface area contributed by atoms with Crippen molar-refractivity contribution >= 4 is 15.9 Å². The zero-order chi connectivity index (χ0) is 11.9. The first-order valence-electron chi connectivity index (χ1n) is 5.61. The van der Waals surface area contributed by atoms with E-state index in [9.17, 15) is 0 Å². The maximum Gasteiger partial charge on any atom is 0.123 e. The molecule has 1 aromatic carbocycles. The summed E-state index contributed by atoms with van der Waals surface area (Å²) in [6, 6.07) is 4.52. The third-order valence-electron chi connectivity index (χ3n) is 3.75. The second kappa shape index (κ2) is 4.04. The Labute approximate surface area is 105 Å². The lowest BCUT2D eigenvalue weighted by Gasteiger charge is -2.22. The largest absolute Gasteiger partial charge is 0.496 e. The minimum Gasteiger partial charge on any atom is -0.496 e. The third-order valence-corrected chi connectivity index (χ3v) is 4.58. The Kier molecular flexibility index (Phi) is 3.01. The zero-order valence-electron chi connectivity index (χ0n) is 10.0. The summed E-state index contributed by atoms with van der Waals surface area (Å²) in [7, 11) is 1.71. The van der Waals surface area contributed by atoms with E-state index in [1.807, 2.05) is 0 Å². The highest BCUT2D eigenvalue weighted by molar-refractivity contribution is 9.10. The van der Waals surface area contributed by atoms with Crippen molar-refractivity contribution in [2.75, 3.05) is 7.11 Å². The van der Waals surface area contributed by atoms with Crippen molar-refractivity contribution in [3.63, 3.8) is 0 Å². The van der Waals surface area contributed by atoms with Gasteiger partial charge in [0.05, 0.1) is 7.11 Å². The van der Waals surface area contributed by atoms with Crippen LogP contribution in [0.25, 0.3) is 0 Å². The molecule has 0 aliphatic heterocycles. The number of nitrogens with two attached hydrogens (primary N) is 1. The fourth-order valence-electron chi connectivity index (χ4n) is 2.29. The summed E-state index contributed by atoms with van der Waals surface area (Å²) < 4.78 is 6.50. The van der Waals surface area contributed by atoms with Gasteiger partial charge in [-0.1, -0.05) is 15.9 Å². The summed E-state index contributed by atoms with van der Waals surface area (Å²) in [5, 5.41) is 0. The fourth-order valence-corrected chi connectivity index (χ4v) is 2.74. The lowest BCUT2D eigenvalue weighted by Crippen LogP contribution is -2.31. The van der Waals surface area contributed by atoms with Crippen LogP contribution in [0.5, 0.6) is 5.75 Å². The molecule has 1 saturated carbocycles. The average Bonchev–Trinajstić information content (AvgIpc) is 3.02. The first-order valence-corrected chi connectivity index (χ1v) is 6.41. The summed E-state index contributed by atoms with van der Waals surface area (Å²) in [4.78, 5) is 0. The normalized spacial score (nSPS) is 19.3. The van der Waals surface area contributed by atoms with Gasteiger partial charge in [0.25, 0.3) is 0 Å². The Bertz CT molecular complexity index is 411. The Morgan fingerprint density at radius 2 is 2.06 bits per heavy atom. The molecule has 0 saturated heterocycles. The summed E-state index contributed by atoms with van der Waals surface area (Å²) >= 11 is 3.59. The highest BCUT2D eigenvalue weighted by Crippen LogP contribution is 2.51. The van der Waals surface area contributed by atoms with Crippen molar-refractivity contribution in [3.05, 3.63) is 27.7 Å². The summed E-state index contributed by atoms with van der Waals surface area (Å²) in [6.07, 6.45) is 2.37. The van der Waals surface area contributed by atoms with Crippen LogP contribution < -0.4 is 10.5 Å². The summed E-state index contributed by atoms with van der Waals surface area (Å²) in [5.41, 5.74) is 8.72. The van der Waals surface area contributed by atoms with Gasteiger partial charge in [-0.15, -0.1) is 0 Å². The van der Waals surface area contributed by atoms with E-state index in [0.717, 1.165) is 15.8 Å². The van der Waals surface area contributed by atoms with Gasteiger partial charge >= 0.3 is 0 Å². The molecule has 0 heterocycles. The van der Waals surface area contributed by atoms with Gasteiger partial charge in [0.1, 0.15) is 5.75 Å². The number of hydrogen-bond acceptors (Lipinski definition) is 2. The molecule has 88 valence electrons. The van der Waals surface area contributed by atoms with E-state index in [1.54, 1.807) is 7.11 Å². The lowest BCUT2D eigenvalue weighted by molar-refractivity contribution is 0.409. The van der Waals surface area contributed by atoms with Crippen molar-refractivity contribution in [1.29, 1.82) is 0 Å². The van der Waals surface area contributed by atoms with Crippen LogP contribution in [0.2, 0.25) is 0 Å². The van der Waals surface area contributed by atoms with Gasteiger partial charge in [-0.25, -0.2) is 0 Å². The monoisotopic (exact) mass is 283 g/mol. The Hall–Kier alpha value is -0.540. The van der Waals surface area contributed by atoms with Crippen molar-refractivity contribution in [2.24, 2.45) is 5.73 Å². The van der Waals surface area contributed by atoms with Crippen molar-refractivity contribution in [3.8, 4) is 5.75 Å². The molecule has 16 heavy (non-hydrogen) atoms. The van der Waals surface area contributed by atoms with Gasteiger partial charge in [-0.05, 0) is 44.4 Å². The molecular weight excluding hydrogens is 266 g/mol. The molecule has 0 radical (unpaired) electrons. The molecule has 0 spiro atoms. The number of halogens is 1. The highest BCUT2D eigenvalue weighted by atomic mass is 79.9. The van der Waals surface area contributed by atoms with Crippen molar-refractivity contribution in [1.82, 2.24) is 0 Å². The molecule has 1 aromatic rings. The number of ether oxygens (including phenoxy) is 1. The Balaban J connectivity index is 2.47. The zero-order valence-corrected chi connectivity index (χ0v) is 11.6. The first kappa shape index (κ1) is 11.9. The second-order valence-electron chi connectivity index (χ2n) is 4.73. The van der Waals surface area contributed by atoms with Gasteiger partial charge in [0, 0.05) is 21.5 Å². The molecule has 0 bridgehead atoms. The maximum absolute atomic E-state index is 6.09. The molecule has 3 heteroatoms. The van der Waals surface area contributed by atoms with E-state index in [4.69, 9.17) is 10.5 Å². The van der Waals surface area contributed by atoms with Gasteiger partial charge in [0.15, 0.2) is 0 Å². The predicted octanol–water partition coefficient (Wildman–Crippen LogP) is 3.14. The molecule has 2 nitrogen and oxygen atoms in total. The van der Waals surface area contributed by atoms with Crippen LogP contribution in [0.15, 0.2) is 16.6 Å². The molecule has 1 unspecified atom stereocenters. The molecule has 0 amide bonds. The van der Waals surface area contributed by atoms with E-state index in [1.165, 1.54) is 18.4 Å². The Morgan fingerprint density at radius 3 is 2.50 bits per heavy atom. The minimum absolute atomic E-state index is 0.184. The summed E-state index contributed by atoms with van der Waals surface area (Å²) in [5.74, 6) is 0.941. The van der Waals surface area contributed by atoms with Gasteiger partial charge < -0.3 is 10.5 Å².